The number of alkyl halides is 1. The molecule has 0 aromatic heterocycles. The fourth-order valence-electron chi connectivity index (χ4n) is 2.78. The summed E-state index contributed by atoms with van der Waals surface area (Å²) in [4.78, 5) is 0. The molecule has 0 saturated carbocycles. The molecule has 1 N–H and O–H groups in total. The number of hydrogen-bond donors (Lipinski definition) is 1. The molecule has 1 heterocycles. The van der Waals surface area contributed by atoms with Gasteiger partial charge in [-0.3, -0.25) is 0 Å². The SMILES string of the molecule is Cc1ccc(C)c(C(F)c2cccc3c2NCC3)c1. The minimum absolute atomic E-state index is 0.767. The summed E-state index contributed by atoms with van der Waals surface area (Å²) < 4.78 is 14.9. The van der Waals surface area contributed by atoms with Crippen LogP contribution in [0.2, 0.25) is 0 Å². The van der Waals surface area contributed by atoms with Crippen molar-refractivity contribution in [2.45, 2.75) is 26.4 Å². The van der Waals surface area contributed by atoms with Crippen molar-refractivity contribution in [1.29, 1.82) is 0 Å². The second-order valence-electron chi connectivity index (χ2n) is 5.28. The highest BCUT2D eigenvalue weighted by atomic mass is 19.1. The Hall–Kier alpha value is -1.83. The minimum atomic E-state index is -1.06. The molecule has 2 aromatic carbocycles. The van der Waals surface area contributed by atoms with Crippen LogP contribution in [0.25, 0.3) is 0 Å². The molecule has 0 radical (unpaired) electrons. The molecule has 2 aromatic rings. The van der Waals surface area contributed by atoms with E-state index in [9.17, 15) is 4.39 Å². The van der Waals surface area contributed by atoms with Gasteiger partial charge in [-0.1, -0.05) is 42.0 Å². The van der Waals surface area contributed by atoms with Crippen LogP contribution in [-0.2, 0) is 6.42 Å². The summed E-state index contributed by atoms with van der Waals surface area (Å²) in [5, 5.41) is 3.31. The smallest absolute Gasteiger partial charge is 0.152 e. The lowest BCUT2D eigenvalue weighted by Gasteiger charge is -2.16. The first-order valence-corrected chi connectivity index (χ1v) is 6.73. The second-order valence-corrected chi connectivity index (χ2v) is 5.28. The Morgan fingerprint density at radius 3 is 2.79 bits per heavy atom. The molecule has 3 rings (SSSR count). The Labute approximate surface area is 113 Å². The third kappa shape index (κ3) is 2.12. The van der Waals surface area contributed by atoms with Gasteiger partial charge in [0.25, 0.3) is 0 Å². The van der Waals surface area contributed by atoms with Crippen LogP contribution in [-0.4, -0.2) is 6.54 Å². The minimum Gasteiger partial charge on any atom is -0.384 e. The molecule has 2 heteroatoms. The molecule has 0 fully saturated rings. The van der Waals surface area contributed by atoms with Gasteiger partial charge in [0.2, 0.25) is 0 Å². The normalized spacial score (nSPS) is 14.9. The Kier molecular flexibility index (Phi) is 3.02. The van der Waals surface area contributed by atoms with E-state index in [1.165, 1.54) is 5.56 Å². The number of fused-ring (bicyclic) bond motifs is 1. The third-order valence-corrected chi connectivity index (χ3v) is 3.86. The first-order chi connectivity index (χ1) is 9.16. The summed E-state index contributed by atoms with van der Waals surface area (Å²) in [6, 6.07) is 11.9. The van der Waals surface area contributed by atoms with Gasteiger partial charge < -0.3 is 5.32 Å². The van der Waals surface area contributed by atoms with E-state index < -0.39 is 6.17 Å². The number of halogens is 1. The zero-order chi connectivity index (χ0) is 13.4. The van der Waals surface area contributed by atoms with E-state index in [4.69, 9.17) is 0 Å². The summed E-state index contributed by atoms with van der Waals surface area (Å²) >= 11 is 0. The molecular weight excluding hydrogens is 237 g/mol. The van der Waals surface area contributed by atoms with Crippen LogP contribution in [0.1, 0.15) is 34.0 Å². The van der Waals surface area contributed by atoms with Gasteiger partial charge in [-0.25, -0.2) is 4.39 Å². The zero-order valence-corrected chi connectivity index (χ0v) is 11.3. The van der Waals surface area contributed by atoms with Gasteiger partial charge in [-0.15, -0.1) is 0 Å². The fourth-order valence-corrected chi connectivity index (χ4v) is 2.78. The van der Waals surface area contributed by atoms with E-state index in [1.54, 1.807) is 0 Å². The fraction of sp³-hybridized carbons (Fsp3) is 0.294. The number of aryl methyl sites for hydroxylation is 2. The van der Waals surface area contributed by atoms with Crippen LogP contribution < -0.4 is 5.32 Å². The number of anilines is 1. The standard InChI is InChI=1S/C17H18FN/c1-11-6-7-12(2)15(10-11)16(18)14-5-3-4-13-8-9-19-17(13)14/h3-7,10,16,19H,8-9H2,1-2H3. The number of rotatable bonds is 2. The molecule has 1 unspecified atom stereocenters. The second kappa shape index (κ2) is 4.69. The van der Waals surface area contributed by atoms with Gasteiger partial charge in [0, 0.05) is 17.8 Å². The molecule has 0 amide bonds. The lowest BCUT2D eigenvalue weighted by molar-refractivity contribution is 0.401. The van der Waals surface area contributed by atoms with Gasteiger partial charge >= 0.3 is 0 Å². The van der Waals surface area contributed by atoms with Crippen molar-refractivity contribution in [3.8, 4) is 0 Å². The highest BCUT2D eigenvalue weighted by molar-refractivity contribution is 5.63. The molecule has 1 aliphatic heterocycles. The molecule has 0 bridgehead atoms. The summed E-state index contributed by atoms with van der Waals surface area (Å²) in [5.74, 6) is 0. The molecular formula is C17H18FN. The predicted octanol–water partition coefficient (Wildman–Crippen LogP) is 4.33. The van der Waals surface area contributed by atoms with E-state index in [2.05, 4.69) is 11.4 Å². The van der Waals surface area contributed by atoms with Crippen molar-refractivity contribution < 1.29 is 4.39 Å². The van der Waals surface area contributed by atoms with E-state index in [-0.39, 0.29) is 0 Å². The van der Waals surface area contributed by atoms with Crippen LogP contribution in [0, 0.1) is 13.8 Å². The summed E-state index contributed by atoms with van der Waals surface area (Å²) in [6.45, 7) is 4.88. The lowest BCUT2D eigenvalue weighted by atomic mass is 9.94. The van der Waals surface area contributed by atoms with Crippen LogP contribution in [0.15, 0.2) is 36.4 Å². The van der Waals surface area contributed by atoms with Crippen LogP contribution >= 0.6 is 0 Å². The van der Waals surface area contributed by atoms with E-state index >= 15 is 0 Å². The molecule has 0 aliphatic carbocycles. The van der Waals surface area contributed by atoms with E-state index in [0.29, 0.717) is 0 Å². The maximum Gasteiger partial charge on any atom is 0.152 e. The van der Waals surface area contributed by atoms with Crippen molar-refractivity contribution in [3.63, 3.8) is 0 Å². The van der Waals surface area contributed by atoms with Crippen molar-refractivity contribution in [2.24, 2.45) is 0 Å². The molecule has 98 valence electrons. The maximum atomic E-state index is 14.9. The molecule has 1 nitrogen and oxygen atoms in total. The Bertz CT molecular complexity index is 619. The van der Waals surface area contributed by atoms with Crippen molar-refractivity contribution in [3.05, 3.63) is 64.2 Å². The summed E-state index contributed by atoms with van der Waals surface area (Å²) in [5.41, 5.74) is 5.88. The average Bonchev–Trinajstić information content (AvgIpc) is 2.89. The van der Waals surface area contributed by atoms with Crippen molar-refractivity contribution >= 4 is 5.69 Å². The Balaban J connectivity index is 2.07. The maximum absolute atomic E-state index is 14.9. The van der Waals surface area contributed by atoms with Crippen LogP contribution in [0.4, 0.5) is 10.1 Å². The average molecular weight is 255 g/mol. The highest BCUT2D eigenvalue weighted by Crippen LogP contribution is 2.37. The van der Waals surface area contributed by atoms with Gasteiger partial charge in [-0.05, 0) is 37.0 Å². The van der Waals surface area contributed by atoms with Crippen molar-refractivity contribution in [1.82, 2.24) is 0 Å². The van der Waals surface area contributed by atoms with Crippen molar-refractivity contribution in [2.75, 3.05) is 11.9 Å². The Morgan fingerprint density at radius 1 is 1.11 bits per heavy atom. The largest absolute Gasteiger partial charge is 0.384 e. The summed E-state index contributed by atoms with van der Waals surface area (Å²) in [7, 11) is 0. The molecule has 1 atom stereocenters. The van der Waals surface area contributed by atoms with Gasteiger partial charge in [0.05, 0.1) is 0 Å². The number of nitrogens with one attached hydrogen (secondary N) is 1. The Morgan fingerprint density at radius 2 is 1.95 bits per heavy atom. The predicted molar refractivity (Wildman–Crippen MR) is 77.5 cm³/mol. The van der Waals surface area contributed by atoms with E-state index in [0.717, 1.165) is 40.9 Å². The van der Waals surface area contributed by atoms with Gasteiger partial charge in [-0.2, -0.15) is 0 Å². The highest BCUT2D eigenvalue weighted by Gasteiger charge is 2.22. The van der Waals surface area contributed by atoms with Gasteiger partial charge in [0.1, 0.15) is 0 Å². The van der Waals surface area contributed by atoms with Crippen LogP contribution in [0.3, 0.4) is 0 Å². The quantitative estimate of drug-likeness (QED) is 0.842. The molecule has 1 aliphatic rings. The first-order valence-electron chi connectivity index (χ1n) is 6.73. The third-order valence-electron chi connectivity index (χ3n) is 3.86. The zero-order valence-electron chi connectivity index (χ0n) is 11.3. The van der Waals surface area contributed by atoms with Crippen LogP contribution in [0.5, 0.6) is 0 Å². The summed E-state index contributed by atoms with van der Waals surface area (Å²) in [6.07, 6.45) is -0.0664. The molecule has 0 spiro atoms. The topological polar surface area (TPSA) is 12.0 Å². The molecule has 19 heavy (non-hydrogen) atoms. The molecule has 0 saturated heterocycles. The number of hydrogen-bond acceptors (Lipinski definition) is 1. The first kappa shape index (κ1) is 12.2. The number of para-hydroxylation sites is 1. The van der Waals surface area contributed by atoms with Gasteiger partial charge in [0.15, 0.2) is 6.17 Å². The monoisotopic (exact) mass is 255 g/mol. The number of benzene rings is 2. The van der Waals surface area contributed by atoms with E-state index in [1.807, 2.05) is 44.2 Å². The lowest BCUT2D eigenvalue weighted by Crippen LogP contribution is -2.02.